The van der Waals surface area contributed by atoms with Crippen LogP contribution in [0, 0.1) is 0 Å². The minimum Gasteiger partial charge on any atom is -0.288 e. The number of rotatable bonds is 2. The van der Waals surface area contributed by atoms with Gasteiger partial charge in [0.25, 0.3) is 0 Å². The molecule has 0 N–H and O–H groups in total. The molecule has 0 spiro atoms. The van der Waals surface area contributed by atoms with E-state index in [2.05, 4.69) is 31.9 Å². The second-order valence-electron chi connectivity index (χ2n) is 4.91. The van der Waals surface area contributed by atoms with Crippen molar-refractivity contribution < 1.29 is 4.79 Å². The van der Waals surface area contributed by atoms with Gasteiger partial charge in [0.2, 0.25) is 0 Å². The van der Waals surface area contributed by atoms with Gasteiger partial charge in [0.15, 0.2) is 5.78 Å². The highest BCUT2D eigenvalue weighted by atomic mass is 79.9. The van der Waals surface area contributed by atoms with E-state index in [0.29, 0.717) is 0 Å². The van der Waals surface area contributed by atoms with Crippen molar-refractivity contribution in [3.63, 3.8) is 0 Å². The maximum Gasteiger partial charge on any atom is 0.196 e. The molecule has 0 amide bonds. The van der Waals surface area contributed by atoms with E-state index in [-0.39, 0.29) is 5.78 Å². The van der Waals surface area contributed by atoms with Crippen molar-refractivity contribution in [3.05, 3.63) is 79.1 Å². The van der Waals surface area contributed by atoms with E-state index in [1.165, 1.54) is 0 Å². The van der Waals surface area contributed by atoms with Crippen molar-refractivity contribution in [2.24, 2.45) is 0 Å². The third kappa shape index (κ3) is 3.80. The molecular formula is C18H12Br2OS. The van der Waals surface area contributed by atoms with E-state index < -0.39 is 0 Å². The summed E-state index contributed by atoms with van der Waals surface area (Å²) in [5, 5.41) is 0. The Morgan fingerprint density at radius 2 is 1.50 bits per heavy atom. The molecule has 1 aliphatic heterocycles. The van der Waals surface area contributed by atoms with Crippen molar-refractivity contribution >= 4 is 61.6 Å². The molecule has 22 heavy (non-hydrogen) atoms. The summed E-state index contributed by atoms with van der Waals surface area (Å²) >= 11 is 8.51. The topological polar surface area (TPSA) is 17.1 Å². The lowest BCUT2D eigenvalue weighted by molar-refractivity contribution is -0.111. The van der Waals surface area contributed by atoms with Gasteiger partial charge in [0, 0.05) is 20.3 Å². The molecule has 0 bridgehead atoms. The van der Waals surface area contributed by atoms with Crippen molar-refractivity contribution in [1.29, 1.82) is 0 Å². The Bertz CT molecular complexity index is 728. The van der Waals surface area contributed by atoms with Gasteiger partial charge in [0.1, 0.15) is 0 Å². The molecule has 4 heteroatoms. The van der Waals surface area contributed by atoms with Gasteiger partial charge in [0.05, 0.1) is 4.91 Å². The van der Waals surface area contributed by atoms with Crippen LogP contribution in [0.5, 0.6) is 0 Å². The zero-order chi connectivity index (χ0) is 15.5. The predicted molar refractivity (Wildman–Crippen MR) is 102 cm³/mol. The Morgan fingerprint density at radius 1 is 0.909 bits per heavy atom. The number of Topliss-reactive ketones (excluding diaryl/α,β-unsaturated/α-hetero) is 1. The van der Waals surface area contributed by atoms with Crippen molar-refractivity contribution in [2.75, 3.05) is 5.75 Å². The fraction of sp³-hybridized carbons (Fsp3) is 0.0556. The molecule has 1 saturated heterocycles. The summed E-state index contributed by atoms with van der Waals surface area (Å²) in [5.74, 6) is 0.857. The monoisotopic (exact) mass is 434 g/mol. The Balaban J connectivity index is 1.86. The summed E-state index contributed by atoms with van der Waals surface area (Å²) in [4.78, 5) is 13.3. The predicted octanol–water partition coefficient (Wildman–Crippen LogP) is 5.95. The summed E-state index contributed by atoms with van der Waals surface area (Å²) in [7, 11) is 0. The van der Waals surface area contributed by atoms with E-state index in [1.807, 2.05) is 60.7 Å². The minimum absolute atomic E-state index is 0.130. The fourth-order valence-corrected chi connectivity index (χ4v) is 4.05. The van der Waals surface area contributed by atoms with Gasteiger partial charge in [-0.15, -0.1) is 11.8 Å². The highest BCUT2D eigenvalue weighted by Crippen LogP contribution is 2.34. The van der Waals surface area contributed by atoms with Crippen LogP contribution in [-0.2, 0) is 4.79 Å². The third-order valence-corrected chi connectivity index (χ3v) is 5.29. The third-order valence-electron chi connectivity index (χ3n) is 3.23. The molecule has 110 valence electrons. The summed E-state index contributed by atoms with van der Waals surface area (Å²) < 4.78 is 2.03. The number of thioether (sulfide) groups is 1. The molecule has 1 aliphatic rings. The normalized spacial score (nSPS) is 18.4. The molecule has 0 radical (unpaired) electrons. The quantitative estimate of drug-likeness (QED) is 0.542. The average molecular weight is 436 g/mol. The SMILES string of the molecule is O=C1/C(=C/c2cccc(Br)c2)CS/C1=C\c1cccc(Br)c1. The van der Waals surface area contributed by atoms with Gasteiger partial charge >= 0.3 is 0 Å². The number of carbonyl (C=O) groups is 1. The lowest BCUT2D eigenvalue weighted by atomic mass is 10.1. The second kappa shape index (κ2) is 6.99. The molecule has 3 rings (SSSR count). The lowest BCUT2D eigenvalue weighted by Crippen LogP contribution is -1.96. The van der Waals surface area contributed by atoms with E-state index in [9.17, 15) is 4.79 Å². The van der Waals surface area contributed by atoms with Crippen LogP contribution in [0.3, 0.4) is 0 Å². The van der Waals surface area contributed by atoms with Crippen LogP contribution in [0.15, 0.2) is 68.0 Å². The first-order chi connectivity index (χ1) is 10.6. The zero-order valence-electron chi connectivity index (χ0n) is 11.6. The summed E-state index contributed by atoms with van der Waals surface area (Å²) in [6.07, 6.45) is 3.93. The summed E-state index contributed by atoms with van der Waals surface area (Å²) in [6.45, 7) is 0. The van der Waals surface area contributed by atoms with Gasteiger partial charge in [-0.25, -0.2) is 0 Å². The van der Waals surface area contributed by atoms with Crippen LogP contribution < -0.4 is 0 Å². The first-order valence-electron chi connectivity index (χ1n) is 6.73. The molecule has 0 saturated carbocycles. The van der Waals surface area contributed by atoms with E-state index >= 15 is 0 Å². The van der Waals surface area contributed by atoms with Crippen LogP contribution in [-0.4, -0.2) is 11.5 Å². The van der Waals surface area contributed by atoms with Gasteiger partial charge in [-0.2, -0.15) is 0 Å². The van der Waals surface area contributed by atoms with Crippen LogP contribution in [0.25, 0.3) is 12.2 Å². The first kappa shape index (κ1) is 15.8. The number of hydrogen-bond acceptors (Lipinski definition) is 2. The largest absolute Gasteiger partial charge is 0.288 e. The van der Waals surface area contributed by atoms with Crippen LogP contribution in [0.1, 0.15) is 11.1 Å². The Labute approximate surface area is 150 Å². The number of carbonyl (C=O) groups excluding carboxylic acids is 1. The molecule has 0 aliphatic carbocycles. The molecule has 0 aromatic heterocycles. The number of ketones is 1. The highest BCUT2D eigenvalue weighted by Gasteiger charge is 2.23. The summed E-state index contributed by atoms with van der Waals surface area (Å²) in [5.41, 5.74) is 2.93. The molecule has 1 fully saturated rings. The smallest absolute Gasteiger partial charge is 0.196 e. The highest BCUT2D eigenvalue weighted by molar-refractivity contribution is 9.10. The minimum atomic E-state index is 0.130. The standard InChI is InChI=1S/C18H12Br2OS/c19-15-5-1-3-12(8-15)7-14-11-22-17(18(14)21)10-13-4-2-6-16(20)9-13/h1-10H,11H2/b14-7+,17-10-. The molecule has 0 unspecified atom stereocenters. The van der Waals surface area contributed by atoms with Crippen LogP contribution >= 0.6 is 43.6 Å². The van der Waals surface area contributed by atoms with Crippen LogP contribution in [0.2, 0.25) is 0 Å². The maximum atomic E-state index is 12.5. The van der Waals surface area contributed by atoms with Gasteiger partial charge < -0.3 is 0 Å². The molecule has 0 atom stereocenters. The zero-order valence-corrected chi connectivity index (χ0v) is 15.5. The average Bonchev–Trinajstić information content (AvgIpc) is 2.80. The maximum absolute atomic E-state index is 12.5. The van der Waals surface area contributed by atoms with Crippen molar-refractivity contribution in [3.8, 4) is 0 Å². The number of halogens is 2. The Hall–Kier alpha value is -1.10. The number of hydrogen-bond donors (Lipinski definition) is 0. The van der Waals surface area contributed by atoms with Gasteiger partial charge in [-0.3, -0.25) is 4.79 Å². The Kier molecular flexibility index (Phi) is 5.01. The summed E-state index contributed by atoms with van der Waals surface area (Å²) in [6, 6.07) is 15.9. The van der Waals surface area contributed by atoms with Gasteiger partial charge in [-0.1, -0.05) is 56.1 Å². The van der Waals surface area contributed by atoms with Crippen LogP contribution in [0.4, 0.5) is 0 Å². The first-order valence-corrected chi connectivity index (χ1v) is 9.30. The molecular weight excluding hydrogens is 424 g/mol. The lowest BCUT2D eigenvalue weighted by Gasteiger charge is -1.98. The van der Waals surface area contributed by atoms with E-state index in [0.717, 1.165) is 36.3 Å². The van der Waals surface area contributed by atoms with E-state index in [4.69, 9.17) is 0 Å². The molecule has 1 heterocycles. The van der Waals surface area contributed by atoms with Crippen molar-refractivity contribution in [2.45, 2.75) is 0 Å². The fourth-order valence-electron chi connectivity index (χ4n) is 2.20. The van der Waals surface area contributed by atoms with E-state index in [1.54, 1.807) is 11.8 Å². The molecule has 1 nitrogen and oxygen atoms in total. The molecule has 2 aromatic carbocycles. The van der Waals surface area contributed by atoms with Gasteiger partial charge in [-0.05, 0) is 47.5 Å². The van der Waals surface area contributed by atoms with Crippen molar-refractivity contribution in [1.82, 2.24) is 0 Å². The molecule has 2 aromatic rings. The second-order valence-corrected chi connectivity index (χ2v) is 7.75. The number of allylic oxidation sites excluding steroid dienone is 1. The Morgan fingerprint density at radius 3 is 2.09 bits per heavy atom. The number of benzene rings is 2.